The van der Waals surface area contributed by atoms with Crippen molar-refractivity contribution in [3.05, 3.63) is 46.8 Å². The van der Waals surface area contributed by atoms with Gasteiger partial charge < -0.3 is 19.5 Å². The van der Waals surface area contributed by atoms with Crippen molar-refractivity contribution in [2.75, 3.05) is 25.0 Å². The summed E-state index contributed by atoms with van der Waals surface area (Å²) in [6.07, 6.45) is 0.515. The lowest BCUT2D eigenvalue weighted by Crippen LogP contribution is -2.30. The van der Waals surface area contributed by atoms with Crippen molar-refractivity contribution < 1.29 is 23.6 Å². The molecule has 0 aliphatic carbocycles. The smallest absolute Gasteiger partial charge is 0.344 e. The highest BCUT2D eigenvalue weighted by atomic mass is 16.5. The van der Waals surface area contributed by atoms with Crippen LogP contribution in [-0.4, -0.2) is 47.5 Å². The van der Waals surface area contributed by atoms with Crippen LogP contribution in [0.5, 0.6) is 0 Å². The van der Waals surface area contributed by atoms with E-state index < -0.39 is 18.5 Å². The van der Waals surface area contributed by atoms with E-state index >= 15 is 0 Å². The number of aryl methyl sites for hydroxylation is 2. The number of nitrogens with one attached hydrogen (secondary N) is 1. The third-order valence-corrected chi connectivity index (χ3v) is 4.25. The Hall–Kier alpha value is -3.16. The van der Waals surface area contributed by atoms with Crippen LogP contribution in [0.3, 0.4) is 0 Å². The van der Waals surface area contributed by atoms with Gasteiger partial charge in [-0.2, -0.15) is 0 Å². The van der Waals surface area contributed by atoms with E-state index in [1.165, 1.54) is 0 Å². The topological polar surface area (TPSA) is 102 Å². The first-order valence-corrected chi connectivity index (χ1v) is 9.22. The molecule has 0 unspecified atom stereocenters. The number of hydrogen-bond donors (Lipinski definition) is 1. The zero-order valence-electron chi connectivity index (χ0n) is 16.6. The van der Waals surface area contributed by atoms with Gasteiger partial charge in [-0.3, -0.25) is 9.59 Å². The minimum atomic E-state index is -0.656. The molecular formula is C20H25N3O5. The number of ether oxygens (including phenoxy) is 1. The van der Waals surface area contributed by atoms with E-state index in [4.69, 9.17) is 9.26 Å². The van der Waals surface area contributed by atoms with Crippen molar-refractivity contribution in [3.8, 4) is 0 Å². The quantitative estimate of drug-likeness (QED) is 0.699. The molecule has 8 heteroatoms. The summed E-state index contributed by atoms with van der Waals surface area (Å²) in [5.41, 5.74) is 1.67. The summed E-state index contributed by atoms with van der Waals surface area (Å²) in [5.74, 6) is -0.920. The second-order valence-corrected chi connectivity index (χ2v) is 6.10. The van der Waals surface area contributed by atoms with Crippen molar-refractivity contribution >= 4 is 23.5 Å². The first-order chi connectivity index (χ1) is 13.4. The molecule has 1 aromatic heterocycles. The van der Waals surface area contributed by atoms with Crippen molar-refractivity contribution in [1.82, 2.24) is 10.1 Å². The lowest BCUT2D eigenvalue weighted by molar-refractivity contribution is -0.119. The zero-order chi connectivity index (χ0) is 20.7. The van der Waals surface area contributed by atoms with Crippen LogP contribution in [-0.2, 0) is 16.0 Å². The van der Waals surface area contributed by atoms with Gasteiger partial charge in [0.1, 0.15) is 11.3 Å². The van der Waals surface area contributed by atoms with E-state index in [1.54, 1.807) is 36.1 Å². The van der Waals surface area contributed by atoms with Gasteiger partial charge in [-0.25, -0.2) is 4.79 Å². The molecule has 0 saturated heterocycles. The van der Waals surface area contributed by atoms with Crippen LogP contribution >= 0.6 is 0 Å². The largest absolute Gasteiger partial charge is 0.452 e. The molecule has 0 bridgehead atoms. The van der Waals surface area contributed by atoms with Gasteiger partial charge in [-0.1, -0.05) is 18.1 Å². The maximum atomic E-state index is 12.4. The molecular weight excluding hydrogens is 362 g/mol. The highest BCUT2D eigenvalue weighted by molar-refractivity contribution is 5.98. The normalized spacial score (nSPS) is 10.4. The first kappa shape index (κ1) is 21.1. The molecule has 0 atom stereocenters. The molecule has 28 heavy (non-hydrogen) atoms. The number of rotatable bonds is 8. The number of esters is 1. The Morgan fingerprint density at radius 3 is 2.54 bits per heavy atom. The standard InChI is InChI=1S/C20H25N3O5/c1-5-16-18(13(4)28-22-16)20(26)27-12-17(24)21-15-10-8-9-14(11-15)19(25)23(6-2)7-3/h8-11H,5-7,12H2,1-4H3,(H,21,24). The molecule has 0 radical (unpaired) electrons. The second-order valence-electron chi connectivity index (χ2n) is 6.10. The first-order valence-electron chi connectivity index (χ1n) is 9.22. The average Bonchev–Trinajstić information content (AvgIpc) is 3.07. The predicted octanol–water partition coefficient (Wildman–Crippen LogP) is 2.82. The second kappa shape index (κ2) is 9.68. The van der Waals surface area contributed by atoms with Crippen LogP contribution in [0.15, 0.2) is 28.8 Å². The molecule has 2 amide bonds. The van der Waals surface area contributed by atoms with E-state index in [0.717, 1.165) is 0 Å². The van der Waals surface area contributed by atoms with Crippen molar-refractivity contribution in [1.29, 1.82) is 0 Å². The van der Waals surface area contributed by atoms with Gasteiger partial charge in [0.25, 0.3) is 11.8 Å². The summed E-state index contributed by atoms with van der Waals surface area (Å²) < 4.78 is 10.1. The maximum absolute atomic E-state index is 12.4. The molecule has 150 valence electrons. The van der Waals surface area contributed by atoms with Crippen LogP contribution in [0.1, 0.15) is 52.9 Å². The number of carbonyl (C=O) groups is 3. The van der Waals surface area contributed by atoms with Crippen LogP contribution in [0, 0.1) is 6.92 Å². The van der Waals surface area contributed by atoms with Gasteiger partial charge in [0.2, 0.25) is 0 Å². The fourth-order valence-electron chi connectivity index (χ4n) is 2.74. The molecule has 1 aromatic carbocycles. The number of amides is 2. The Morgan fingerprint density at radius 1 is 1.18 bits per heavy atom. The maximum Gasteiger partial charge on any atom is 0.344 e. The molecule has 0 spiro atoms. The summed E-state index contributed by atoms with van der Waals surface area (Å²) in [4.78, 5) is 38.4. The number of benzene rings is 1. The van der Waals surface area contributed by atoms with Crippen molar-refractivity contribution in [2.24, 2.45) is 0 Å². The lowest BCUT2D eigenvalue weighted by atomic mass is 10.1. The highest BCUT2D eigenvalue weighted by Gasteiger charge is 2.21. The fourth-order valence-corrected chi connectivity index (χ4v) is 2.74. The van der Waals surface area contributed by atoms with Gasteiger partial charge in [0.15, 0.2) is 6.61 Å². The van der Waals surface area contributed by atoms with E-state index in [-0.39, 0.29) is 11.5 Å². The molecule has 2 aromatic rings. The van der Waals surface area contributed by atoms with Crippen LogP contribution in [0.4, 0.5) is 5.69 Å². The van der Waals surface area contributed by atoms with Gasteiger partial charge >= 0.3 is 5.97 Å². The lowest BCUT2D eigenvalue weighted by Gasteiger charge is -2.19. The van der Waals surface area contributed by atoms with Crippen LogP contribution < -0.4 is 5.32 Å². The Kier molecular flexibility index (Phi) is 7.31. The van der Waals surface area contributed by atoms with E-state index in [2.05, 4.69) is 10.5 Å². The third kappa shape index (κ3) is 4.97. The molecule has 0 fully saturated rings. The Balaban J connectivity index is 1.98. The summed E-state index contributed by atoms with van der Waals surface area (Å²) in [7, 11) is 0. The van der Waals surface area contributed by atoms with Gasteiger partial charge in [0, 0.05) is 24.3 Å². The van der Waals surface area contributed by atoms with Crippen LogP contribution in [0.2, 0.25) is 0 Å². The molecule has 0 aliphatic rings. The predicted molar refractivity (Wildman–Crippen MR) is 103 cm³/mol. The van der Waals surface area contributed by atoms with Gasteiger partial charge in [-0.15, -0.1) is 0 Å². The third-order valence-electron chi connectivity index (χ3n) is 4.25. The average molecular weight is 387 g/mol. The number of carbonyl (C=O) groups excluding carboxylic acids is 3. The molecule has 0 aliphatic heterocycles. The summed E-state index contributed by atoms with van der Waals surface area (Å²) in [5, 5.41) is 6.42. The van der Waals surface area contributed by atoms with E-state index in [1.807, 2.05) is 20.8 Å². The minimum absolute atomic E-state index is 0.109. The van der Waals surface area contributed by atoms with E-state index in [9.17, 15) is 14.4 Å². The van der Waals surface area contributed by atoms with Gasteiger partial charge in [-0.05, 0) is 45.4 Å². The van der Waals surface area contributed by atoms with Crippen molar-refractivity contribution in [3.63, 3.8) is 0 Å². The molecule has 0 saturated carbocycles. The summed E-state index contributed by atoms with van der Waals surface area (Å²) in [6.45, 7) is 8.01. The summed E-state index contributed by atoms with van der Waals surface area (Å²) in [6, 6.07) is 6.64. The highest BCUT2D eigenvalue weighted by Crippen LogP contribution is 2.16. The minimum Gasteiger partial charge on any atom is -0.452 e. The molecule has 1 N–H and O–H groups in total. The molecule has 2 rings (SSSR count). The number of nitrogens with zero attached hydrogens (tertiary/aromatic N) is 2. The SMILES string of the molecule is CCc1noc(C)c1C(=O)OCC(=O)Nc1cccc(C(=O)N(CC)CC)c1. The van der Waals surface area contributed by atoms with Crippen LogP contribution in [0.25, 0.3) is 0 Å². The molecule has 1 heterocycles. The molecule has 8 nitrogen and oxygen atoms in total. The zero-order valence-corrected chi connectivity index (χ0v) is 16.6. The van der Waals surface area contributed by atoms with E-state index in [0.29, 0.717) is 42.2 Å². The Bertz CT molecular complexity index is 855. The Labute approximate surface area is 163 Å². The fraction of sp³-hybridized carbons (Fsp3) is 0.400. The monoisotopic (exact) mass is 387 g/mol. The number of hydrogen-bond acceptors (Lipinski definition) is 6. The summed E-state index contributed by atoms with van der Waals surface area (Å²) >= 11 is 0. The van der Waals surface area contributed by atoms with Gasteiger partial charge in [0.05, 0.1) is 5.69 Å². The number of aromatic nitrogens is 1. The van der Waals surface area contributed by atoms with Crippen molar-refractivity contribution in [2.45, 2.75) is 34.1 Å². The Morgan fingerprint density at radius 2 is 1.89 bits per heavy atom. The number of anilines is 1.